The molecule has 0 spiro atoms. The van der Waals surface area contributed by atoms with Crippen LogP contribution in [0.2, 0.25) is 0 Å². The Kier molecular flexibility index (Phi) is 9.28. The van der Waals surface area contributed by atoms with Crippen molar-refractivity contribution in [2.24, 2.45) is 4.99 Å². The number of carbonyl (C=O) groups is 2. The maximum Gasteiger partial charge on any atom is 0.286 e. The van der Waals surface area contributed by atoms with Crippen LogP contribution in [0.5, 0.6) is 0 Å². The van der Waals surface area contributed by atoms with Crippen molar-refractivity contribution < 1.29 is 9.59 Å². The highest BCUT2D eigenvalue weighted by molar-refractivity contribution is 8.18. The minimum absolute atomic E-state index is 0.0347. The van der Waals surface area contributed by atoms with E-state index >= 15 is 0 Å². The number of ketones is 1. The van der Waals surface area contributed by atoms with Crippen LogP contribution >= 0.6 is 11.8 Å². The second-order valence-corrected chi connectivity index (χ2v) is 9.88. The van der Waals surface area contributed by atoms with E-state index in [-0.39, 0.29) is 18.1 Å². The molecule has 0 saturated heterocycles. The molecule has 5 heteroatoms. The largest absolute Gasteiger partial charge is 0.351 e. The molecule has 1 aliphatic rings. The molecule has 37 heavy (non-hydrogen) atoms. The number of rotatable bonds is 10. The molecule has 4 rings (SSSR count). The minimum atomic E-state index is -0.228. The fourth-order valence-electron chi connectivity index (χ4n) is 4.30. The summed E-state index contributed by atoms with van der Waals surface area (Å²) in [7, 11) is 0. The number of hydrogen-bond donors (Lipinski definition) is 0. The van der Waals surface area contributed by atoms with E-state index in [0.717, 1.165) is 53.4 Å². The number of thioether (sulfide) groups is 1. The summed E-state index contributed by atoms with van der Waals surface area (Å²) >= 11 is 1.44. The predicted octanol–water partition coefficient (Wildman–Crippen LogP) is 7.51. The summed E-state index contributed by atoms with van der Waals surface area (Å²) in [6.07, 6.45) is 4.20. The topological polar surface area (TPSA) is 49.7 Å². The van der Waals surface area contributed by atoms with E-state index in [9.17, 15) is 9.59 Å². The lowest BCUT2D eigenvalue weighted by Crippen LogP contribution is -2.29. The third kappa shape index (κ3) is 6.75. The number of amidine groups is 1. The molecule has 1 aliphatic heterocycles. The van der Waals surface area contributed by atoms with Gasteiger partial charge in [0.05, 0.1) is 4.91 Å². The van der Waals surface area contributed by atoms with Crippen molar-refractivity contribution in [3.8, 4) is 0 Å². The lowest BCUT2D eigenvalue weighted by Gasteiger charge is -2.22. The summed E-state index contributed by atoms with van der Waals surface area (Å²) in [5.74, 6) is -0.193. The smallest absolute Gasteiger partial charge is 0.286 e. The predicted molar refractivity (Wildman–Crippen MR) is 155 cm³/mol. The van der Waals surface area contributed by atoms with Gasteiger partial charge in [-0.3, -0.25) is 9.59 Å². The molecule has 0 aliphatic carbocycles. The van der Waals surface area contributed by atoms with Crippen LogP contribution in [0.25, 0.3) is 11.1 Å². The van der Waals surface area contributed by atoms with Crippen LogP contribution in [0.1, 0.15) is 54.6 Å². The molecule has 0 saturated carbocycles. The van der Waals surface area contributed by atoms with Crippen molar-refractivity contribution in [1.29, 1.82) is 0 Å². The maximum atomic E-state index is 13.3. The van der Waals surface area contributed by atoms with E-state index in [1.165, 1.54) is 11.8 Å². The molecule has 4 nitrogen and oxygen atoms in total. The van der Waals surface area contributed by atoms with E-state index in [0.29, 0.717) is 10.5 Å². The van der Waals surface area contributed by atoms with Crippen molar-refractivity contribution in [1.82, 2.24) is 4.90 Å². The van der Waals surface area contributed by atoms with Crippen LogP contribution in [-0.2, 0) is 4.79 Å². The van der Waals surface area contributed by atoms with Crippen LogP contribution in [0.4, 0.5) is 0 Å². The fourth-order valence-corrected chi connectivity index (χ4v) is 5.35. The van der Waals surface area contributed by atoms with Gasteiger partial charge in [-0.15, -0.1) is 0 Å². The van der Waals surface area contributed by atoms with Crippen LogP contribution in [0, 0.1) is 0 Å². The SMILES string of the molecule is CCCN(CCC)C1=NC(=O)/C(=C(\C=C(/CC(=O)c2ccccc2)c2ccccc2)c2ccccc2)S1. The Morgan fingerprint density at radius 1 is 0.784 bits per heavy atom. The first-order valence-electron chi connectivity index (χ1n) is 12.8. The van der Waals surface area contributed by atoms with Gasteiger partial charge in [-0.2, -0.15) is 4.99 Å². The molecule has 0 bridgehead atoms. The molecule has 0 fully saturated rings. The first kappa shape index (κ1) is 26.4. The quantitative estimate of drug-likeness (QED) is 0.210. The van der Waals surface area contributed by atoms with Crippen molar-refractivity contribution in [3.05, 3.63) is 119 Å². The Hall–Kier alpha value is -3.70. The normalized spacial score (nSPS) is 14.9. The highest BCUT2D eigenvalue weighted by atomic mass is 32.2. The highest BCUT2D eigenvalue weighted by Gasteiger charge is 2.29. The van der Waals surface area contributed by atoms with Gasteiger partial charge in [0.25, 0.3) is 5.91 Å². The van der Waals surface area contributed by atoms with Crippen molar-refractivity contribution in [3.63, 3.8) is 0 Å². The van der Waals surface area contributed by atoms with Crippen LogP contribution in [0.3, 0.4) is 0 Å². The first-order valence-corrected chi connectivity index (χ1v) is 13.6. The number of carbonyl (C=O) groups excluding carboxylic acids is 2. The van der Waals surface area contributed by atoms with E-state index in [1.807, 2.05) is 97.1 Å². The molecule has 0 atom stereocenters. The molecular weight excluding hydrogens is 476 g/mol. The number of nitrogens with zero attached hydrogens (tertiary/aromatic N) is 2. The van der Waals surface area contributed by atoms with Gasteiger partial charge in [0, 0.05) is 30.6 Å². The third-order valence-corrected chi connectivity index (χ3v) is 7.21. The molecule has 0 aromatic heterocycles. The second kappa shape index (κ2) is 13.0. The number of amides is 1. The Morgan fingerprint density at radius 2 is 1.30 bits per heavy atom. The van der Waals surface area contributed by atoms with Crippen molar-refractivity contribution >= 4 is 39.8 Å². The monoisotopic (exact) mass is 508 g/mol. The molecule has 188 valence electrons. The van der Waals surface area contributed by atoms with Crippen molar-refractivity contribution in [2.45, 2.75) is 33.1 Å². The molecule has 3 aromatic carbocycles. The van der Waals surface area contributed by atoms with Gasteiger partial charge in [-0.25, -0.2) is 0 Å². The maximum absolute atomic E-state index is 13.3. The summed E-state index contributed by atoms with van der Waals surface area (Å²) in [6, 6.07) is 29.1. The lowest BCUT2D eigenvalue weighted by atomic mass is 9.93. The standard InChI is InChI=1S/C32H32N2O2S/c1-3-20-34(21-4-2)32-33-31(36)30(37-32)28(25-16-10-6-11-17-25)22-27(24-14-8-5-9-15-24)23-29(35)26-18-12-7-13-19-26/h5-19,22H,3-4,20-21,23H2,1-2H3/b27-22+,30-28-. The second-order valence-electron chi connectivity index (χ2n) is 8.90. The summed E-state index contributed by atoms with van der Waals surface area (Å²) < 4.78 is 0. The summed E-state index contributed by atoms with van der Waals surface area (Å²) in [5, 5.41) is 0.757. The van der Waals surface area contributed by atoms with Gasteiger partial charge in [-0.1, -0.05) is 105 Å². The molecular formula is C32H32N2O2S. The average molecular weight is 509 g/mol. The fraction of sp³-hybridized carbons (Fsp3) is 0.219. The molecule has 1 amide bonds. The van der Waals surface area contributed by atoms with Crippen LogP contribution < -0.4 is 0 Å². The zero-order valence-corrected chi connectivity index (χ0v) is 22.2. The minimum Gasteiger partial charge on any atom is -0.351 e. The summed E-state index contributed by atoms with van der Waals surface area (Å²) in [4.78, 5) is 33.8. The molecule has 0 N–H and O–H groups in total. The van der Waals surface area contributed by atoms with Gasteiger partial charge >= 0.3 is 0 Å². The number of benzene rings is 3. The van der Waals surface area contributed by atoms with E-state index in [2.05, 4.69) is 23.7 Å². The zero-order chi connectivity index (χ0) is 26.0. The van der Waals surface area contributed by atoms with E-state index in [1.54, 1.807) is 0 Å². The highest BCUT2D eigenvalue weighted by Crippen LogP contribution is 2.38. The van der Waals surface area contributed by atoms with Gasteiger partial charge in [0.2, 0.25) is 0 Å². The lowest BCUT2D eigenvalue weighted by molar-refractivity contribution is -0.113. The molecule has 3 aromatic rings. The van der Waals surface area contributed by atoms with Crippen LogP contribution in [-0.4, -0.2) is 34.8 Å². The third-order valence-electron chi connectivity index (χ3n) is 6.08. The Balaban J connectivity index is 1.80. The Labute approximate surface area is 223 Å². The number of hydrogen-bond acceptors (Lipinski definition) is 4. The van der Waals surface area contributed by atoms with Gasteiger partial charge < -0.3 is 4.90 Å². The first-order chi connectivity index (χ1) is 18.1. The van der Waals surface area contributed by atoms with Crippen LogP contribution in [0.15, 0.2) is 107 Å². The zero-order valence-electron chi connectivity index (χ0n) is 21.4. The van der Waals surface area contributed by atoms with Gasteiger partial charge in [0.15, 0.2) is 11.0 Å². The van der Waals surface area contributed by atoms with Crippen molar-refractivity contribution in [2.75, 3.05) is 13.1 Å². The van der Waals surface area contributed by atoms with E-state index < -0.39 is 0 Å². The Bertz CT molecular complexity index is 1310. The van der Waals surface area contributed by atoms with Gasteiger partial charge in [-0.05, 0) is 47.4 Å². The number of allylic oxidation sites excluding steroid dienone is 3. The Morgan fingerprint density at radius 3 is 1.84 bits per heavy atom. The molecule has 1 heterocycles. The summed E-state index contributed by atoms with van der Waals surface area (Å²) in [6.45, 7) is 5.99. The molecule has 0 unspecified atom stereocenters. The van der Waals surface area contributed by atoms with Gasteiger partial charge in [0.1, 0.15) is 0 Å². The van der Waals surface area contributed by atoms with E-state index in [4.69, 9.17) is 0 Å². The number of Topliss-reactive ketones (excluding diaryl/α,β-unsaturated/α-hetero) is 1. The summed E-state index contributed by atoms with van der Waals surface area (Å²) in [5.41, 5.74) is 4.21. The average Bonchev–Trinajstić information content (AvgIpc) is 3.33. The number of aliphatic imine (C=N–C) groups is 1. The molecule has 0 radical (unpaired) electrons.